The van der Waals surface area contributed by atoms with Crippen LogP contribution >= 0.6 is 0 Å². The second kappa shape index (κ2) is 8.13. The summed E-state index contributed by atoms with van der Waals surface area (Å²) >= 11 is 0. The molecule has 1 aromatic carbocycles. The van der Waals surface area contributed by atoms with Crippen molar-refractivity contribution in [2.45, 2.75) is 76.9 Å². The van der Waals surface area contributed by atoms with Crippen LogP contribution in [-0.2, 0) is 11.0 Å². The topological polar surface area (TPSA) is 41.6 Å². The molecule has 3 rings (SSSR count). The summed E-state index contributed by atoms with van der Waals surface area (Å²) in [7, 11) is -1.90. The molecule has 0 aliphatic carbocycles. The maximum atomic E-state index is 12.9. The average Bonchev–Trinajstić information content (AvgIpc) is 2.97. The number of benzene rings is 1. The van der Waals surface area contributed by atoms with Gasteiger partial charge in [0.2, 0.25) is 0 Å². The number of hydrogen-bond acceptors (Lipinski definition) is 3. The van der Waals surface area contributed by atoms with E-state index in [2.05, 4.69) is 62.8 Å². The Labute approximate surface area is 171 Å². The van der Waals surface area contributed by atoms with Gasteiger partial charge < -0.3 is 14.6 Å². The lowest BCUT2D eigenvalue weighted by Crippen LogP contribution is -2.46. The Morgan fingerprint density at radius 3 is 2.75 bits per heavy atom. The van der Waals surface area contributed by atoms with Crippen molar-refractivity contribution < 1.29 is 9.22 Å². The molecule has 2 aliphatic rings. The Morgan fingerprint density at radius 2 is 2.14 bits per heavy atom. The van der Waals surface area contributed by atoms with Crippen molar-refractivity contribution in [2.75, 3.05) is 13.1 Å². The van der Waals surface area contributed by atoms with Crippen molar-refractivity contribution >= 4 is 14.2 Å². The number of nitrogens with one attached hydrogen (secondary N) is 1. The third kappa shape index (κ3) is 4.26. The second-order valence-corrected chi connectivity index (χ2v) is 14.5. The van der Waals surface area contributed by atoms with Gasteiger partial charge in [-0.15, -0.1) is 6.58 Å². The fraction of sp³-hybridized carbons (Fsp3) is 0.609. The van der Waals surface area contributed by atoms with E-state index in [4.69, 9.17) is 4.43 Å². The van der Waals surface area contributed by atoms with E-state index in [-0.39, 0.29) is 17.0 Å². The predicted molar refractivity (Wildman–Crippen MR) is 118 cm³/mol. The van der Waals surface area contributed by atoms with Gasteiger partial charge in [-0.2, -0.15) is 0 Å². The molecular formula is C23H36N2O2Si. The lowest BCUT2D eigenvalue weighted by atomic mass is 10.0. The monoisotopic (exact) mass is 400 g/mol. The summed E-state index contributed by atoms with van der Waals surface area (Å²) in [5, 5.41) is 3.58. The van der Waals surface area contributed by atoms with Gasteiger partial charge in [0.1, 0.15) is 0 Å². The Morgan fingerprint density at radius 1 is 1.39 bits per heavy atom. The van der Waals surface area contributed by atoms with Crippen molar-refractivity contribution in [1.82, 2.24) is 10.2 Å². The lowest BCUT2D eigenvalue weighted by Gasteiger charge is -2.39. The molecule has 1 N–H and O–H groups in total. The third-order valence-electron chi connectivity index (χ3n) is 6.67. The Balaban J connectivity index is 1.82. The van der Waals surface area contributed by atoms with Crippen LogP contribution in [-0.4, -0.2) is 38.3 Å². The van der Waals surface area contributed by atoms with Gasteiger partial charge >= 0.3 is 0 Å². The molecule has 1 aromatic rings. The van der Waals surface area contributed by atoms with E-state index in [9.17, 15) is 4.79 Å². The highest BCUT2D eigenvalue weighted by Gasteiger charge is 2.40. The van der Waals surface area contributed by atoms with E-state index < -0.39 is 8.32 Å². The van der Waals surface area contributed by atoms with E-state index in [0.29, 0.717) is 6.04 Å². The molecule has 1 saturated heterocycles. The molecule has 154 valence electrons. The summed E-state index contributed by atoms with van der Waals surface area (Å²) in [6.07, 6.45) is 4.96. The zero-order valence-corrected chi connectivity index (χ0v) is 19.2. The predicted octanol–water partition coefficient (Wildman–Crippen LogP) is 5.03. The van der Waals surface area contributed by atoms with Gasteiger partial charge in [0, 0.05) is 24.7 Å². The molecule has 4 nitrogen and oxygen atoms in total. The largest absolute Gasteiger partial charge is 0.410 e. The molecule has 0 bridgehead atoms. The van der Waals surface area contributed by atoms with Crippen LogP contribution in [0.25, 0.3) is 0 Å². The first-order valence-corrected chi connectivity index (χ1v) is 13.5. The Bertz CT molecular complexity index is 733. The van der Waals surface area contributed by atoms with Crippen LogP contribution in [0.1, 0.15) is 67.6 Å². The number of nitrogens with zero attached hydrogens (tertiary/aromatic N) is 1. The summed E-state index contributed by atoms with van der Waals surface area (Å²) in [4.78, 5) is 15.0. The number of hydrogen-bond donors (Lipinski definition) is 1. The number of carbonyl (C=O) groups excluding carboxylic acids is 1. The SMILES string of the molecule is C=CC[C@@H](O[Si](C)(C)C(C)(C)C)c1ccc2c(c1)CN([C@H]1CCCNC1)C2=O. The highest BCUT2D eigenvalue weighted by molar-refractivity contribution is 6.74. The molecule has 0 unspecified atom stereocenters. The number of amides is 1. The van der Waals surface area contributed by atoms with Crippen molar-refractivity contribution in [3.05, 3.63) is 47.5 Å². The molecule has 1 fully saturated rings. The van der Waals surface area contributed by atoms with E-state index in [1.54, 1.807) is 0 Å². The molecule has 0 spiro atoms. The molecule has 5 heteroatoms. The first-order chi connectivity index (χ1) is 13.1. The minimum atomic E-state index is -1.90. The summed E-state index contributed by atoms with van der Waals surface area (Å²) in [5.74, 6) is 0.181. The van der Waals surface area contributed by atoms with E-state index in [0.717, 1.165) is 50.0 Å². The van der Waals surface area contributed by atoms with Crippen molar-refractivity contribution in [1.29, 1.82) is 0 Å². The number of carbonyl (C=O) groups is 1. The quantitative estimate of drug-likeness (QED) is 0.538. The van der Waals surface area contributed by atoms with Crippen LogP contribution in [0.15, 0.2) is 30.9 Å². The van der Waals surface area contributed by atoms with Crippen LogP contribution in [0, 0.1) is 0 Å². The molecule has 2 atom stereocenters. The first kappa shape index (κ1) is 21.3. The molecule has 0 aromatic heterocycles. The van der Waals surface area contributed by atoms with E-state index in [1.165, 1.54) is 5.56 Å². The van der Waals surface area contributed by atoms with E-state index >= 15 is 0 Å². The van der Waals surface area contributed by atoms with Gasteiger partial charge in [-0.1, -0.05) is 39.0 Å². The normalized spacial score (nSPS) is 21.5. The van der Waals surface area contributed by atoms with Crippen LogP contribution in [0.3, 0.4) is 0 Å². The first-order valence-electron chi connectivity index (χ1n) is 10.6. The smallest absolute Gasteiger partial charge is 0.254 e. The minimum absolute atomic E-state index is 0.00388. The Hall–Kier alpha value is -1.43. The second-order valence-electron chi connectivity index (χ2n) is 9.74. The Kier molecular flexibility index (Phi) is 6.18. The summed E-state index contributed by atoms with van der Waals surface area (Å²) < 4.78 is 6.72. The summed E-state index contributed by atoms with van der Waals surface area (Å²) in [6, 6.07) is 6.60. The lowest BCUT2D eigenvalue weighted by molar-refractivity contribution is 0.0674. The molecular weight excluding hydrogens is 364 g/mol. The van der Waals surface area contributed by atoms with E-state index in [1.807, 2.05) is 12.1 Å². The van der Waals surface area contributed by atoms with Gasteiger partial charge in [0.05, 0.1) is 6.10 Å². The van der Waals surface area contributed by atoms with Crippen molar-refractivity contribution in [3.8, 4) is 0 Å². The minimum Gasteiger partial charge on any atom is -0.410 e. The number of rotatable bonds is 6. The number of piperidine rings is 1. The van der Waals surface area contributed by atoms with Crippen LogP contribution in [0.2, 0.25) is 18.1 Å². The standard InChI is InChI=1S/C23H36N2O2Si/c1-7-9-21(27-28(5,6)23(2,3)4)17-11-12-20-18(14-17)16-25(22(20)26)19-10-8-13-24-15-19/h7,11-12,14,19,21,24H,1,8-10,13,15-16H2,2-6H3/t19-,21+/m0/s1. The molecule has 2 aliphatic heterocycles. The van der Waals surface area contributed by atoms with Gasteiger partial charge in [0.15, 0.2) is 8.32 Å². The fourth-order valence-corrected chi connectivity index (χ4v) is 5.19. The fourth-order valence-electron chi connectivity index (χ4n) is 3.89. The van der Waals surface area contributed by atoms with Gasteiger partial charge in [-0.3, -0.25) is 4.79 Å². The zero-order valence-electron chi connectivity index (χ0n) is 18.2. The molecule has 2 heterocycles. The maximum absolute atomic E-state index is 12.9. The molecule has 28 heavy (non-hydrogen) atoms. The number of fused-ring (bicyclic) bond motifs is 1. The maximum Gasteiger partial charge on any atom is 0.254 e. The van der Waals surface area contributed by atoms with Crippen molar-refractivity contribution in [2.24, 2.45) is 0 Å². The summed E-state index contributed by atoms with van der Waals surface area (Å²) in [5.41, 5.74) is 3.17. The molecule has 0 saturated carbocycles. The average molecular weight is 401 g/mol. The van der Waals surface area contributed by atoms with Gasteiger partial charge in [-0.25, -0.2) is 0 Å². The molecule has 0 radical (unpaired) electrons. The zero-order chi connectivity index (χ0) is 20.5. The molecule has 1 amide bonds. The van der Waals surface area contributed by atoms with Crippen molar-refractivity contribution in [3.63, 3.8) is 0 Å². The highest BCUT2D eigenvalue weighted by atomic mass is 28.4. The van der Waals surface area contributed by atoms with Crippen LogP contribution in [0.4, 0.5) is 0 Å². The van der Waals surface area contributed by atoms with Crippen LogP contribution in [0.5, 0.6) is 0 Å². The summed E-state index contributed by atoms with van der Waals surface area (Å²) in [6.45, 7) is 18.0. The van der Waals surface area contributed by atoms with Crippen LogP contribution < -0.4 is 5.32 Å². The third-order valence-corrected chi connectivity index (χ3v) is 11.2. The highest BCUT2D eigenvalue weighted by Crippen LogP contribution is 2.41. The van der Waals surface area contributed by atoms with Gasteiger partial charge in [0.25, 0.3) is 5.91 Å². The van der Waals surface area contributed by atoms with Gasteiger partial charge in [-0.05, 0) is 61.1 Å².